The molecule has 0 spiro atoms. The Morgan fingerprint density at radius 3 is 2.39 bits per heavy atom. The Bertz CT molecular complexity index is 213. The summed E-state index contributed by atoms with van der Waals surface area (Å²) in [6, 6.07) is 0.442. The van der Waals surface area contributed by atoms with Crippen LogP contribution in [0.25, 0.3) is 0 Å². The first kappa shape index (κ1) is 16.0. The van der Waals surface area contributed by atoms with E-state index in [1.54, 1.807) is 0 Å². The Labute approximate surface area is 114 Å². The fourth-order valence-electron chi connectivity index (χ4n) is 3.31. The molecule has 1 aliphatic carbocycles. The largest absolute Gasteiger partial charge is 0.327 e. The number of rotatable bonds is 7. The van der Waals surface area contributed by atoms with Gasteiger partial charge in [0.15, 0.2) is 0 Å². The van der Waals surface area contributed by atoms with Crippen molar-refractivity contribution in [2.24, 2.45) is 23.5 Å². The number of hydrogen-bond acceptors (Lipinski definition) is 2. The van der Waals surface area contributed by atoms with E-state index in [1.807, 2.05) is 0 Å². The second-order valence-electron chi connectivity index (χ2n) is 6.38. The van der Waals surface area contributed by atoms with Crippen LogP contribution in [0.3, 0.4) is 0 Å². The van der Waals surface area contributed by atoms with E-state index in [9.17, 15) is 0 Å². The molecule has 0 aromatic heterocycles. The lowest BCUT2D eigenvalue weighted by atomic mass is 9.79. The summed E-state index contributed by atoms with van der Waals surface area (Å²) in [5.74, 6) is 2.46. The first-order valence-corrected chi connectivity index (χ1v) is 8.08. The van der Waals surface area contributed by atoms with Crippen molar-refractivity contribution in [3.05, 3.63) is 0 Å². The number of hydrogen-bond donors (Lipinski definition) is 1. The fourth-order valence-corrected chi connectivity index (χ4v) is 3.31. The zero-order valence-electron chi connectivity index (χ0n) is 13.0. The minimum Gasteiger partial charge on any atom is -0.327 e. The molecule has 18 heavy (non-hydrogen) atoms. The third-order valence-corrected chi connectivity index (χ3v) is 4.91. The van der Waals surface area contributed by atoms with Gasteiger partial charge in [-0.05, 0) is 43.6 Å². The molecule has 2 N–H and O–H groups in total. The predicted octanol–water partition coefficient (Wildman–Crippen LogP) is 3.51. The van der Waals surface area contributed by atoms with Crippen molar-refractivity contribution in [2.75, 3.05) is 19.6 Å². The topological polar surface area (TPSA) is 29.3 Å². The molecule has 0 radical (unpaired) electrons. The highest BCUT2D eigenvalue weighted by Gasteiger charge is 2.27. The molecule has 2 nitrogen and oxygen atoms in total. The summed E-state index contributed by atoms with van der Waals surface area (Å²) in [6.45, 7) is 13.0. The Morgan fingerprint density at radius 1 is 1.17 bits per heavy atom. The maximum Gasteiger partial charge on any atom is 0.00795 e. The van der Waals surface area contributed by atoms with Crippen molar-refractivity contribution in [3.8, 4) is 0 Å². The highest BCUT2D eigenvalue weighted by atomic mass is 15.1. The minimum atomic E-state index is 0.442. The van der Waals surface area contributed by atoms with Crippen molar-refractivity contribution < 1.29 is 0 Å². The van der Waals surface area contributed by atoms with Gasteiger partial charge in [0.2, 0.25) is 0 Å². The van der Waals surface area contributed by atoms with Crippen LogP contribution in [-0.4, -0.2) is 30.6 Å². The average Bonchev–Trinajstić information content (AvgIpc) is 2.38. The van der Waals surface area contributed by atoms with Crippen molar-refractivity contribution in [1.29, 1.82) is 0 Å². The summed E-state index contributed by atoms with van der Waals surface area (Å²) < 4.78 is 0. The molecule has 0 aromatic carbocycles. The molecule has 0 bridgehead atoms. The molecule has 0 aliphatic heterocycles. The summed E-state index contributed by atoms with van der Waals surface area (Å²) in [4.78, 5) is 2.64. The van der Waals surface area contributed by atoms with E-state index < -0.39 is 0 Å². The predicted molar refractivity (Wildman–Crippen MR) is 80.7 cm³/mol. The third-order valence-electron chi connectivity index (χ3n) is 4.91. The molecular weight excluding hydrogens is 220 g/mol. The van der Waals surface area contributed by atoms with Crippen LogP contribution in [0.1, 0.15) is 59.8 Å². The lowest BCUT2D eigenvalue weighted by molar-refractivity contribution is 0.148. The summed E-state index contributed by atoms with van der Waals surface area (Å²) in [5, 5.41) is 0. The molecule has 0 amide bonds. The average molecular weight is 254 g/mol. The molecule has 3 unspecified atom stereocenters. The zero-order valence-corrected chi connectivity index (χ0v) is 13.0. The van der Waals surface area contributed by atoms with Gasteiger partial charge in [-0.3, -0.25) is 0 Å². The Hall–Kier alpha value is -0.0800. The van der Waals surface area contributed by atoms with E-state index in [1.165, 1.54) is 51.7 Å². The Kier molecular flexibility index (Phi) is 7.25. The van der Waals surface area contributed by atoms with Gasteiger partial charge in [0.05, 0.1) is 0 Å². The van der Waals surface area contributed by atoms with Gasteiger partial charge >= 0.3 is 0 Å². The van der Waals surface area contributed by atoms with Crippen LogP contribution in [0.2, 0.25) is 0 Å². The number of nitrogens with zero attached hydrogens (tertiary/aromatic N) is 1. The van der Waals surface area contributed by atoms with Gasteiger partial charge in [-0.15, -0.1) is 0 Å². The van der Waals surface area contributed by atoms with Crippen LogP contribution in [0.4, 0.5) is 0 Å². The lowest BCUT2D eigenvalue weighted by Crippen LogP contribution is -2.44. The third kappa shape index (κ3) is 4.89. The second kappa shape index (κ2) is 8.16. The van der Waals surface area contributed by atoms with Crippen LogP contribution in [0, 0.1) is 17.8 Å². The molecule has 1 rings (SSSR count). The highest BCUT2D eigenvalue weighted by molar-refractivity contribution is 4.83. The van der Waals surface area contributed by atoms with Crippen LogP contribution < -0.4 is 5.73 Å². The van der Waals surface area contributed by atoms with E-state index in [-0.39, 0.29) is 0 Å². The summed E-state index contributed by atoms with van der Waals surface area (Å²) in [7, 11) is 0. The van der Waals surface area contributed by atoms with Crippen molar-refractivity contribution in [1.82, 2.24) is 4.90 Å². The summed E-state index contributed by atoms with van der Waals surface area (Å²) >= 11 is 0. The lowest BCUT2D eigenvalue weighted by Gasteiger charge is -2.37. The van der Waals surface area contributed by atoms with Gasteiger partial charge in [0.25, 0.3) is 0 Å². The van der Waals surface area contributed by atoms with Crippen LogP contribution in [0.5, 0.6) is 0 Å². The van der Waals surface area contributed by atoms with Crippen molar-refractivity contribution in [2.45, 2.75) is 65.8 Å². The molecule has 1 saturated carbocycles. The van der Waals surface area contributed by atoms with Gasteiger partial charge in [0.1, 0.15) is 0 Å². The van der Waals surface area contributed by atoms with E-state index in [4.69, 9.17) is 5.73 Å². The van der Waals surface area contributed by atoms with Crippen LogP contribution >= 0.6 is 0 Å². The Balaban J connectivity index is 2.45. The van der Waals surface area contributed by atoms with Gasteiger partial charge in [-0.1, -0.05) is 40.5 Å². The summed E-state index contributed by atoms with van der Waals surface area (Å²) in [5.41, 5.74) is 6.31. The normalized spacial score (nSPS) is 29.2. The summed E-state index contributed by atoms with van der Waals surface area (Å²) in [6.07, 6.45) is 6.51. The maximum atomic E-state index is 6.31. The van der Waals surface area contributed by atoms with Crippen molar-refractivity contribution in [3.63, 3.8) is 0 Å². The van der Waals surface area contributed by atoms with Crippen molar-refractivity contribution >= 4 is 0 Å². The van der Waals surface area contributed by atoms with E-state index in [0.717, 1.165) is 17.8 Å². The maximum absolute atomic E-state index is 6.31. The van der Waals surface area contributed by atoms with E-state index in [0.29, 0.717) is 6.04 Å². The van der Waals surface area contributed by atoms with E-state index >= 15 is 0 Å². The SMILES string of the molecule is CCC(CC)CN(CC)CC1CC(C)CCC1N. The molecule has 1 aliphatic rings. The highest BCUT2D eigenvalue weighted by Crippen LogP contribution is 2.28. The van der Waals surface area contributed by atoms with Crippen LogP contribution in [-0.2, 0) is 0 Å². The van der Waals surface area contributed by atoms with Gasteiger partial charge < -0.3 is 10.6 Å². The minimum absolute atomic E-state index is 0.442. The molecule has 1 fully saturated rings. The molecule has 3 atom stereocenters. The quantitative estimate of drug-likeness (QED) is 0.753. The zero-order chi connectivity index (χ0) is 13.5. The monoisotopic (exact) mass is 254 g/mol. The standard InChI is InChI=1S/C16H34N2/c1-5-14(6-2)11-18(7-3)12-15-10-13(4)8-9-16(15)17/h13-16H,5-12,17H2,1-4H3. The fraction of sp³-hybridized carbons (Fsp3) is 1.00. The molecule has 0 aromatic rings. The van der Waals surface area contributed by atoms with E-state index in [2.05, 4.69) is 32.6 Å². The molecule has 108 valence electrons. The smallest absolute Gasteiger partial charge is 0.00795 e. The molecule has 2 heteroatoms. The molecular formula is C16H34N2. The number of nitrogens with two attached hydrogens (primary N) is 1. The van der Waals surface area contributed by atoms with Gasteiger partial charge in [-0.25, -0.2) is 0 Å². The molecule has 0 heterocycles. The second-order valence-corrected chi connectivity index (χ2v) is 6.38. The van der Waals surface area contributed by atoms with Gasteiger partial charge in [0, 0.05) is 19.1 Å². The van der Waals surface area contributed by atoms with Gasteiger partial charge in [-0.2, -0.15) is 0 Å². The first-order chi connectivity index (χ1) is 8.60. The first-order valence-electron chi connectivity index (χ1n) is 8.08. The molecule has 0 saturated heterocycles. The Morgan fingerprint density at radius 2 is 1.83 bits per heavy atom. The van der Waals surface area contributed by atoms with Crippen LogP contribution in [0.15, 0.2) is 0 Å².